The van der Waals surface area contributed by atoms with Crippen molar-refractivity contribution in [3.05, 3.63) is 56.8 Å². The summed E-state index contributed by atoms with van der Waals surface area (Å²) in [7, 11) is -4.41. The molecule has 2 aromatic rings. The fourth-order valence-electron chi connectivity index (χ4n) is 2.74. The Labute approximate surface area is 165 Å². The maximum Gasteiger partial charge on any atom is 0.391 e. The Morgan fingerprint density at radius 3 is 2.44 bits per heavy atom. The summed E-state index contributed by atoms with van der Waals surface area (Å²) < 4.78 is 75.2. The van der Waals surface area contributed by atoms with Crippen LogP contribution in [0, 0.1) is 5.82 Å². The lowest BCUT2D eigenvalue weighted by Crippen LogP contribution is -2.26. The Morgan fingerprint density at radius 1 is 1.19 bits per heavy atom. The van der Waals surface area contributed by atoms with Crippen LogP contribution in [0.25, 0.3) is 10.7 Å². The molecule has 0 radical (unpaired) electrons. The van der Waals surface area contributed by atoms with E-state index in [1.54, 1.807) is 0 Å². The van der Waals surface area contributed by atoms with Crippen LogP contribution in [0.3, 0.4) is 0 Å². The minimum Gasteiger partial charge on any atom is -0.504 e. The van der Waals surface area contributed by atoms with Gasteiger partial charge in [-0.3, -0.25) is 14.1 Å². The van der Waals surface area contributed by atoms with Gasteiger partial charge >= 0.3 is 6.18 Å². The molecule has 1 aliphatic heterocycles. The molecule has 0 fully saturated rings. The van der Waals surface area contributed by atoms with Gasteiger partial charge in [0.2, 0.25) is 0 Å². The third kappa shape index (κ3) is 3.54. The number of nitrogens with zero attached hydrogens (tertiary/aromatic N) is 2. The second-order valence-electron chi connectivity index (χ2n) is 5.59. The third-order valence-electron chi connectivity index (χ3n) is 3.86. The Hall–Kier alpha value is -1.40. The number of benzene rings is 1. The number of aromatic nitrogens is 2. The Bertz CT molecular complexity index is 955. The number of fused-ring (bicyclic) bond motifs is 1. The lowest BCUT2D eigenvalue weighted by Gasteiger charge is -2.45. The number of hydrogen-bond acceptors (Lipinski definition) is 5. The van der Waals surface area contributed by atoms with Gasteiger partial charge in [-0.05, 0) is 28.1 Å². The summed E-state index contributed by atoms with van der Waals surface area (Å²) in [5.74, 6) is -1.95. The average molecular weight is 490 g/mol. The molecule has 0 bridgehead atoms. The van der Waals surface area contributed by atoms with Gasteiger partial charge in [0.1, 0.15) is 21.7 Å². The highest BCUT2D eigenvalue weighted by atomic mass is 79.9. The number of halogens is 6. The zero-order valence-corrected chi connectivity index (χ0v) is 16.2. The first-order valence-electron chi connectivity index (χ1n) is 7.17. The van der Waals surface area contributed by atoms with E-state index in [4.69, 9.17) is 11.6 Å². The van der Waals surface area contributed by atoms with Crippen molar-refractivity contribution in [3.8, 4) is 0 Å². The highest BCUT2D eigenvalue weighted by molar-refractivity contribution is 9.10. The molecule has 12 heteroatoms. The molecule has 2 heterocycles. The minimum absolute atomic E-state index is 0.147. The number of aliphatic hydroxyl groups excluding tert-OH is 1. The molecule has 0 aliphatic carbocycles. The first kappa shape index (κ1) is 20.3. The topological polar surface area (TPSA) is 86.5 Å². The number of rotatable bonds is 2. The zero-order chi connectivity index (χ0) is 20.1. The summed E-state index contributed by atoms with van der Waals surface area (Å²) in [5.41, 5.74) is -1.46. The van der Waals surface area contributed by atoms with E-state index in [0.717, 1.165) is 18.5 Å². The van der Waals surface area contributed by atoms with E-state index < -0.39 is 61.9 Å². The van der Waals surface area contributed by atoms with Crippen LogP contribution in [0.15, 0.2) is 29.0 Å². The minimum atomic E-state index is -4.79. The largest absolute Gasteiger partial charge is 0.504 e. The van der Waals surface area contributed by atoms with Gasteiger partial charge < -0.3 is 5.11 Å². The number of aliphatic hydroxyl groups is 1. The summed E-state index contributed by atoms with van der Waals surface area (Å²) in [6.07, 6.45) is -4.29. The van der Waals surface area contributed by atoms with Crippen molar-refractivity contribution >= 4 is 48.8 Å². The van der Waals surface area contributed by atoms with Crippen molar-refractivity contribution in [1.82, 2.24) is 9.97 Å². The second kappa shape index (κ2) is 6.89. The zero-order valence-electron chi connectivity index (χ0n) is 13.0. The van der Waals surface area contributed by atoms with Gasteiger partial charge in [-0.25, -0.2) is 9.37 Å². The summed E-state index contributed by atoms with van der Waals surface area (Å²) in [6, 6.07) is 2.15. The van der Waals surface area contributed by atoms with Crippen molar-refractivity contribution in [2.75, 3.05) is 0 Å². The molecule has 3 N–H and O–H groups in total. The van der Waals surface area contributed by atoms with E-state index in [1.807, 2.05) is 0 Å². The van der Waals surface area contributed by atoms with E-state index in [2.05, 4.69) is 25.9 Å². The van der Waals surface area contributed by atoms with E-state index in [9.17, 15) is 31.8 Å². The molecule has 0 amide bonds. The molecule has 0 saturated carbocycles. The fraction of sp³-hybridized carbons (Fsp3) is 0.200. The van der Waals surface area contributed by atoms with Crippen molar-refractivity contribution in [1.29, 1.82) is 0 Å². The molecule has 1 aromatic carbocycles. The first-order chi connectivity index (χ1) is 12.4. The second-order valence-corrected chi connectivity index (χ2v) is 8.98. The fourth-order valence-corrected chi connectivity index (χ4v) is 5.45. The number of alkyl halides is 3. The van der Waals surface area contributed by atoms with Gasteiger partial charge in [0.05, 0.1) is 22.7 Å². The summed E-state index contributed by atoms with van der Waals surface area (Å²) in [4.78, 5) is 6.67. The van der Waals surface area contributed by atoms with Gasteiger partial charge in [-0.2, -0.15) is 23.8 Å². The van der Waals surface area contributed by atoms with Gasteiger partial charge in [0.15, 0.2) is 5.76 Å². The standard InChI is InChI=1S/C15H10BrClF4N2O3S/c16-6-1-2-7(18)9(10(6)17)14-13(24)12-11(22-3-4-23-12)8(27(14,25)26)5-15(19,20)21/h1-4,8,24-26H,5H2. The normalized spacial score (nSPS) is 20.4. The molecule has 27 heavy (non-hydrogen) atoms. The average Bonchev–Trinajstić information content (AvgIpc) is 2.57. The maximum atomic E-state index is 14.5. The van der Waals surface area contributed by atoms with E-state index >= 15 is 0 Å². The van der Waals surface area contributed by atoms with E-state index in [0.29, 0.717) is 0 Å². The van der Waals surface area contributed by atoms with Gasteiger partial charge in [0.25, 0.3) is 0 Å². The molecule has 146 valence electrons. The summed E-state index contributed by atoms with van der Waals surface area (Å²) in [5, 5.41) is 8.20. The predicted molar refractivity (Wildman–Crippen MR) is 96.8 cm³/mol. The molecular weight excluding hydrogens is 480 g/mol. The van der Waals surface area contributed by atoms with Crippen LogP contribution in [0.4, 0.5) is 17.6 Å². The molecule has 5 nitrogen and oxygen atoms in total. The highest BCUT2D eigenvalue weighted by Crippen LogP contribution is 2.70. The molecule has 1 atom stereocenters. The lowest BCUT2D eigenvalue weighted by atomic mass is 10.1. The Morgan fingerprint density at radius 2 is 1.81 bits per heavy atom. The predicted octanol–water partition coefficient (Wildman–Crippen LogP) is 6.17. The lowest BCUT2D eigenvalue weighted by molar-refractivity contribution is -0.135. The van der Waals surface area contributed by atoms with Crippen molar-refractivity contribution < 1.29 is 31.8 Å². The van der Waals surface area contributed by atoms with Crippen LogP contribution >= 0.6 is 38.1 Å². The molecule has 0 saturated heterocycles. The number of hydrogen-bond donors (Lipinski definition) is 3. The smallest absolute Gasteiger partial charge is 0.391 e. The van der Waals surface area contributed by atoms with Crippen LogP contribution in [-0.4, -0.2) is 30.4 Å². The SMILES string of the molecule is OC1=C(c2c(F)ccc(Br)c2Cl)S(O)(O)C(CC(F)(F)F)c2nccnc21. The quantitative estimate of drug-likeness (QED) is 0.347. The maximum absolute atomic E-state index is 14.5. The van der Waals surface area contributed by atoms with Crippen molar-refractivity contribution in [2.45, 2.75) is 17.8 Å². The molecule has 1 aromatic heterocycles. The van der Waals surface area contributed by atoms with E-state index in [1.165, 1.54) is 6.07 Å². The van der Waals surface area contributed by atoms with Crippen LogP contribution in [0.1, 0.15) is 28.6 Å². The monoisotopic (exact) mass is 488 g/mol. The Balaban J connectivity index is 2.36. The molecule has 1 unspecified atom stereocenters. The Kier molecular flexibility index (Phi) is 5.19. The van der Waals surface area contributed by atoms with E-state index in [-0.39, 0.29) is 9.50 Å². The van der Waals surface area contributed by atoms with Gasteiger partial charge in [-0.1, -0.05) is 11.6 Å². The summed E-state index contributed by atoms with van der Waals surface area (Å²) in [6.45, 7) is 0. The van der Waals surface area contributed by atoms with Gasteiger partial charge in [-0.15, -0.1) is 0 Å². The third-order valence-corrected chi connectivity index (χ3v) is 7.32. The van der Waals surface area contributed by atoms with Gasteiger partial charge in [0, 0.05) is 16.9 Å². The highest BCUT2D eigenvalue weighted by Gasteiger charge is 2.48. The van der Waals surface area contributed by atoms with Crippen LogP contribution < -0.4 is 0 Å². The molecular formula is C15H10BrClF4N2O3S. The molecule has 3 rings (SSSR count). The molecule has 0 spiro atoms. The van der Waals surface area contributed by atoms with Crippen LogP contribution in [-0.2, 0) is 0 Å². The van der Waals surface area contributed by atoms with Crippen LogP contribution in [0.5, 0.6) is 0 Å². The van der Waals surface area contributed by atoms with Crippen molar-refractivity contribution in [3.63, 3.8) is 0 Å². The van der Waals surface area contributed by atoms with Crippen LogP contribution in [0.2, 0.25) is 5.02 Å². The van der Waals surface area contributed by atoms with Crippen molar-refractivity contribution in [2.24, 2.45) is 0 Å². The first-order valence-corrected chi connectivity index (χ1v) is 9.95. The summed E-state index contributed by atoms with van der Waals surface area (Å²) >= 11 is 9.07. The molecule has 1 aliphatic rings.